The maximum Gasteiger partial charge on any atom is 0.229 e. The van der Waals surface area contributed by atoms with E-state index in [1.54, 1.807) is 6.20 Å². The third-order valence-corrected chi connectivity index (χ3v) is 2.98. The van der Waals surface area contributed by atoms with Crippen molar-refractivity contribution in [2.45, 2.75) is 37.6 Å². The number of hydrogen-bond acceptors (Lipinski definition) is 3. The number of hydrogen-bond donors (Lipinski definition) is 2. The first-order chi connectivity index (χ1) is 8.31. The molecule has 0 radical (unpaired) electrons. The average molecular weight is 233 g/mol. The summed E-state index contributed by atoms with van der Waals surface area (Å²) in [4.78, 5) is 16.4. The van der Waals surface area contributed by atoms with Crippen LogP contribution in [0.4, 0.5) is 0 Å². The third-order valence-electron chi connectivity index (χ3n) is 2.98. The second kappa shape index (κ2) is 5.77. The monoisotopic (exact) mass is 233 g/mol. The molecular formula is C13H19N3O. The SMILES string of the molecule is NCCCC(C(=O)NC1CC1)c1ccccn1. The largest absolute Gasteiger partial charge is 0.353 e. The van der Waals surface area contributed by atoms with Crippen LogP contribution in [-0.2, 0) is 4.79 Å². The first kappa shape index (κ1) is 12.0. The van der Waals surface area contributed by atoms with E-state index in [0.29, 0.717) is 12.6 Å². The Hall–Kier alpha value is -1.42. The highest BCUT2D eigenvalue weighted by atomic mass is 16.2. The smallest absolute Gasteiger partial charge is 0.229 e. The molecule has 1 saturated carbocycles. The van der Waals surface area contributed by atoms with E-state index in [-0.39, 0.29) is 11.8 Å². The Bertz CT molecular complexity index is 362. The van der Waals surface area contributed by atoms with Gasteiger partial charge in [-0.15, -0.1) is 0 Å². The van der Waals surface area contributed by atoms with Gasteiger partial charge in [0.1, 0.15) is 0 Å². The lowest BCUT2D eigenvalue weighted by atomic mass is 9.97. The van der Waals surface area contributed by atoms with Gasteiger partial charge in [-0.25, -0.2) is 0 Å². The number of nitrogens with one attached hydrogen (secondary N) is 1. The number of aromatic nitrogens is 1. The van der Waals surface area contributed by atoms with Gasteiger partial charge < -0.3 is 11.1 Å². The molecule has 4 heteroatoms. The van der Waals surface area contributed by atoms with Crippen molar-refractivity contribution in [1.82, 2.24) is 10.3 Å². The summed E-state index contributed by atoms with van der Waals surface area (Å²) < 4.78 is 0. The van der Waals surface area contributed by atoms with Crippen LogP contribution in [0.2, 0.25) is 0 Å². The molecule has 1 fully saturated rings. The minimum Gasteiger partial charge on any atom is -0.353 e. The number of nitrogens with two attached hydrogens (primary N) is 1. The molecule has 1 atom stereocenters. The van der Waals surface area contributed by atoms with Crippen LogP contribution in [0.1, 0.15) is 37.3 Å². The summed E-state index contributed by atoms with van der Waals surface area (Å²) in [5.74, 6) is -0.0556. The Labute approximate surface area is 102 Å². The molecule has 1 aromatic heterocycles. The number of nitrogens with zero attached hydrogens (tertiary/aromatic N) is 1. The van der Waals surface area contributed by atoms with Gasteiger partial charge in [-0.3, -0.25) is 9.78 Å². The fraction of sp³-hybridized carbons (Fsp3) is 0.538. The van der Waals surface area contributed by atoms with Crippen LogP contribution in [0.5, 0.6) is 0 Å². The van der Waals surface area contributed by atoms with Gasteiger partial charge in [-0.1, -0.05) is 6.07 Å². The maximum absolute atomic E-state index is 12.1. The van der Waals surface area contributed by atoms with Crippen LogP contribution < -0.4 is 11.1 Å². The molecule has 0 spiro atoms. The predicted molar refractivity (Wildman–Crippen MR) is 66.4 cm³/mol. The highest BCUT2D eigenvalue weighted by Gasteiger charge is 2.28. The van der Waals surface area contributed by atoms with Crippen molar-refractivity contribution in [3.8, 4) is 0 Å². The number of rotatable bonds is 6. The molecule has 0 aromatic carbocycles. The molecule has 0 aliphatic heterocycles. The Morgan fingerprint density at radius 1 is 1.53 bits per heavy atom. The van der Waals surface area contributed by atoms with Gasteiger partial charge in [-0.05, 0) is 44.4 Å². The summed E-state index contributed by atoms with van der Waals surface area (Å²) in [6.07, 6.45) is 5.57. The van der Waals surface area contributed by atoms with Crippen molar-refractivity contribution < 1.29 is 4.79 Å². The summed E-state index contributed by atoms with van der Waals surface area (Å²) in [5.41, 5.74) is 6.36. The van der Waals surface area contributed by atoms with E-state index in [2.05, 4.69) is 10.3 Å². The fourth-order valence-corrected chi connectivity index (χ4v) is 1.85. The quantitative estimate of drug-likeness (QED) is 0.775. The van der Waals surface area contributed by atoms with Crippen molar-refractivity contribution in [1.29, 1.82) is 0 Å². The lowest BCUT2D eigenvalue weighted by molar-refractivity contribution is -0.123. The topological polar surface area (TPSA) is 68.0 Å². The first-order valence-corrected chi connectivity index (χ1v) is 6.22. The number of carbonyl (C=O) groups is 1. The van der Waals surface area contributed by atoms with Crippen LogP contribution in [0, 0.1) is 0 Å². The lowest BCUT2D eigenvalue weighted by Gasteiger charge is -2.15. The molecule has 1 aliphatic rings. The Morgan fingerprint density at radius 2 is 2.35 bits per heavy atom. The molecule has 2 rings (SSSR count). The number of amides is 1. The van der Waals surface area contributed by atoms with E-state index in [9.17, 15) is 4.79 Å². The minimum absolute atomic E-state index is 0.0969. The second-order valence-corrected chi connectivity index (χ2v) is 4.52. The first-order valence-electron chi connectivity index (χ1n) is 6.22. The minimum atomic E-state index is -0.152. The van der Waals surface area contributed by atoms with Crippen LogP contribution in [-0.4, -0.2) is 23.5 Å². The maximum atomic E-state index is 12.1. The molecule has 92 valence electrons. The van der Waals surface area contributed by atoms with Crippen LogP contribution in [0.3, 0.4) is 0 Å². The molecule has 0 saturated heterocycles. The van der Waals surface area contributed by atoms with E-state index >= 15 is 0 Å². The van der Waals surface area contributed by atoms with Gasteiger partial charge in [-0.2, -0.15) is 0 Å². The molecule has 0 bridgehead atoms. The van der Waals surface area contributed by atoms with E-state index in [0.717, 1.165) is 31.4 Å². The fourth-order valence-electron chi connectivity index (χ4n) is 1.85. The summed E-state index contributed by atoms with van der Waals surface area (Å²) >= 11 is 0. The zero-order chi connectivity index (χ0) is 12.1. The zero-order valence-electron chi connectivity index (χ0n) is 9.93. The second-order valence-electron chi connectivity index (χ2n) is 4.52. The van der Waals surface area contributed by atoms with Gasteiger partial charge in [0.2, 0.25) is 5.91 Å². The summed E-state index contributed by atoms with van der Waals surface area (Å²) in [6.45, 7) is 0.611. The zero-order valence-corrected chi connectivity index (χ0v) is 9.93. The van der Waals surface area contributed by atoms with Gasteiger partial charge in [0, 0.05) is 12.2 Å². The van der Waals surface area contributed by atoms with Crippen molar-refractivity contribution in [3.63, 3.8) is 0 Å². The van der Waals surface area contributed by atoms with E-state index in [1.807, 2.05) is 18.2 Å². The van der Waals surface area contributed by atoms with Crippen molar-refractivity contribution >= 4 is 5.91 Å². The molecule has 1 unspecified atom stereocenters. The molecule has 3 N–H and O–H groups in total. The Morgan fingerprint density at radius 3 is 2.94 bits per heavy atom. The van der Waals surface area contributed by atoms with Crippen molar-refractivity contribution in [2.24, 2.45) is 5.73 Å². The molecule has 1 amide bonds. The molecular weight excluding hydrogens is 214 g/mol. The molecule has 1 aromatic rings. The normalized spacial score (nSPS) is 16.5. The van der Waals surface area contributed by atoms with E-state index in [4.69, 9.17) is 5.73 Å². The number of pyridine rings is 1. The Balaban J connectivity index is 2.03. The van der Waals surface area contributed by atoms with Crippen molar-refractivity contribution in [2.75, 3.05) is 6.54 Å². The van der Waals surface area contributed by atoms with Gasteiger partial charge in [0.15, 0.2) is 0 Å². The van der Waals surface area contributed by atoms with Crippen LogP contribution in [0.15, 0.2) is 24.4 Å². The van der Waals surface area contributed by atoms with Crippen LogP contribution in [0.25, 0.3) is 0 Å². The lowest BCUT2D eigenvalue weighted by Crippen LogP contribution is -2.31. The summed E-state index contributed by atoms with van der Waals surface area (Å²) in [6, 6.07) is 6.09. The van der Waals surface area contributed by atoms with Gasteiger partial charge in [0.25, 0.3) is 0 Å². The molecule has 4 nitrogen and oxygen atoms in total. The van der Waals surface area contributed by atoms with Crippen LogP contribution >= 0.6 is 0 Å². The molecule has 17 heavy (non-hydrogen) atoms. The van der Waals surface area contributed by atoms with E-state index in [1.165, 1.54) is 0 Å². The van der Waals surface area contributed by atoms with Gasteiger partial charge in [0.05, 0.1) is 11.6 Å². The van der Waals surface area contributed by atoms with Gasteiger partial charge >= 0.3 is 0 Å². The molecule has 1 aliphatic carbocycles. The van der Waals surface area contributed by atoms with E-state index < -0.39 is 0 Å². The highest BCUT2D eigenvalue weighted by Crippen LogP contribution is 2.23. The van der Waals surface area contributed by atoms with Crippen molar-refractivity contribution in [3.05, 3.63) is 30.1 Å². The standard InChI is InChI=1S/C13H19N3O/c14-8-3-4-11(12-5-1-2-9-15-12)13(17)16-10-6-7-10/h1-2,5,9-11H,3-4,6-8,14H2,(H,16,17). The molecule has 1 heterocycles. The Kier molecular flexibility index (Phi) is 4.09. The summed E-state index contributed by atoms with van der Waals surface area (Å²) in [7, 11) is 0. The average Bonchev–Trinajstić information content (AvgIpc) is 3.15. The third kappa shape index (κ3) is 3.53. The number of carbonyl (C=O) groups excluding carboxylic acids is 1. The summed E-state index contributed by atoms with van der Waals surface area (Å²) in [5, 5.41) is 3.04. The predicted octanol–water partition coefficient (Wildman–Crippen LogP) is 1.18. The highest BCUT2D eigenvalue weighted by molar-refractivity contribution is 5.83.